The van der Waals surface area contributed by atoms with Crippen LogP contribution in [0.1, 0.15) is 19.3 Å². The number of amides is 1. The van der Waals surface area contributed by atoms with E-state index in [1.54, 1.807) is 0 Å². The third-order valence-electron chi connectivity index (χ3n) is 3.27. The van der Waals surface area contributed by atoms with E-state index >= 15 is 0 Å². The van der Waals surface area contributed by atoms with E-state index in [1.165, 1.54) is 0 Å². The van der Waals surface area contributed by atoms with E-state index in [0.717, 1.165) is 45.4 Å². The van der Waals surface area contributed by atoms with Crippen LogP contribution in [-0.4, -0.2) is 43.0 Å². The van der Waals surface area contributed by atoms with Crippen LogP contribution in [0.2, 0.25) is 0 Å². The van der Waals surface area contributed by atoms with Crippen molar-refractivity contribution in [2.75, 3.05) is 26.2 Å². The third kappa shape index (κ3) is 1.91. The standard InChI is InChI=1S/C10H19N3O/c11-5-8-6-13(7-8)9-3-1-2-4-12-10(9)14/h8-9H,1-7,11H2,(H,12,14). The zero-order valence-electron chi connectivity index (χ0n) is 8.54. The van der Waals surface area contributed by atoms with Crippen LogP contribution in [0, 0.1) is 5.92 Å². The van der Waals surface area contributed by atoms with Crippen molar-refractivity contribution < 1.29 is 4.79 Å². The Balaban J connectivity index is 1.86. The molecule has 2 heterocycles. The second-order valence-electron chi connectivity index (χ2n) is 4.36. The van der Waals surface area contributed by atoms with Gasteiger partial charge in [-0.2, -0.15) is 0 Å². The van der Waals surface area contributed by atoms with E-state index in [-0.39, 0.29) is 11.9 Å². The highest BCUT2D eigenvalue weighted by atomic mass is 16.2. The molecule has 0 aromatic rings. The van der Waals surface area contributed by atoms with Gasteiger partial charge in [0.15, 0.2) is 0 Å². The summed E-state index contributed by atoms with van der Waals surface area (Å²) < 4.78 is 0. The highest BCUT2D eigenvalue weighted by Gasteiger charge is 2.35. The van der Waals surface area contributed by atoms with Crippen LogP contribution in [0.5, 0.6) is 0 Å². The van der Waals surface area contributed by atoms with E-state index in [2.05, 4.69) is 10.2 Å². The molecule has 2 aliphatic heterocycles. The minimum atomic E-state index is 0.125. The van der Waals surface area contributed by atoms with Gasteiger partial charge in [0.25, 0.3) is 0 Å². The van der Waals surface area contributed by atoms with Crippen molar-refractivity contribution in [2.45, 2.75) is 25.3 Å². The summed E-state index contributed by atoms with van der Waals surface area (Å²) in [5, 5.41) is 2.96. The number of nitrogens with one attached hydrogen (secondary N) is 1. The van der Waals surface area contributed by atoms with Crippen LogP contribution in [0.25, 0.3) is 0 Å². The van der Waals surface area contributed by atoms with Gasteiger partial charge < -0.3 is 11.1 Å². The number of rotatable bonds is 2. The molecule has 0 bridgehead atoms. The van der Waals surface area contributed by atoms with Crippen LogP contribution in [-0.2, 0) is 4.79 Å². The predicted octanol–water partition coefficient (Wildman–Crippen LogP) is -0.454. The largest absolute Gasteiger partial charge is 0.355 e. The van der Waals surface area contributed by atoms with E-state index in [9.17, 15) is 4.79 Å². The van der Waals surface area contributed by atoms with Crippen molar-refractivity contribution in [3.63, 3.8) is 0 Å². The van der Waals surface area contributed by atoms with E-state index in [1.807, 2.05) is 0 Å². The molecule has 2 rings (SSSR count). The van der Waals surface area contributed by atoms with E-state index < -0.39 is 0 Å². The summed E-state index contributed by atoms with van der Waals surface area (Å²) in [6.45, 7) is 3.62. The fourth-order valence-electron chi connectivity index (χ4n) is 2.28. The van der Waals surface area contributed by atoms with Crippen molar-refractivity contribution in [1.29, 1.82) is 0 Å². The Kier molecular flexibility index (Phi) is 3.03. The molecule has 2 saturated heterocycles. The fraction of sp³-hybridized carbons (Fsp3) is 0.900. The first-order valence-electron chi connectivity index (χ1n) is 5.53. The average Bonchev–Trinajstić information content (AvgIpc) is 2.30. The minimum Gasteiger partial charge on any atom is -0.355 e. The minimum absolute atomic E-state index is 0.125. The summed E-state index contributed by atoms with van der Waals surface area (Å²) >= 11 is 0. The molecule has 0 aliphatic carbocycles. The maximum atomic E-state index is 11.7. The van der Waals surface area contributed by atoms with Gasteiger partial charge in [0.05, 0.1) is 6.04 Å². The first-order chi connectivity index (χ1) is 6.81. The maximum absolute atomic E-state index is 11.7. The predicted molar refractivity (Wildman–Crippen MR) is 54.8 cm³/mol. The summed E-state index contributed by atoms with van der Waals surface area (Å²) in [5.74, 6) is 0.837. The third-order valence-corrected chi connectivity index (χ3v) is 3.27. The van der Waals surface area contributed by atoms with Crippen LogP contribution < -0.4 is 11.1 Å². The van der Waals surface area contributed by atoms with Gasteiger partial charge in [-0.15, -0.1) is 0 Å². The lowest BCUT2D eigenvalue weighted by Gasteiger charge is -2.42. The average molecular weight is 197 g/mol. The SMILES string of the molecule is NCC1CN(C2CCCCNC2=O)C1. The van der Waals surface area contributed by atoms with Gasteiger partial charge in [0.2, 0.25) is 5.91 Å². The van der Waals surface area contributed by atoms with Gasteiger partial charge in [-0.25, -0.2) is 0 Å². The topological polar surface area (TPSA) is 58.4 Å². The van der Waals surface area contributed by atoms with Gasteiger partial charge >= 0.3 is 0 Å². The second-order valence-corrected chi connectivity index (χ2v) is 4.36. The molecule has 4 heteroatoms. The first-order valence-corrected chi connectivity index (χ1v) is 5.53. The Morgan fingerprint density at radius 1 is 1.43 bits per heavy atom. The highest BCUT2D eigenvalue weighted by Crippen LogP contribution is 2.21. The zero-order chi connectivity index (χ0) is 9.97. The number of nitrogens with two attached hydrogens (primary N) is 1. The quantitative estimate of drug-likeness (QED) is 0.630. The molecule has 4 nitrogen and oxygen atoms in total. The molecule has 0 aromatic heterocycles. The molecule has 80 valence electrons. The summed E-state index contributed by atoms with van der Waals surface area (Å²) in [6.07, 6.45) is 3.30. The Morgan fingerprint density at radius 2 is 2.21 bits per heavy atom. The van der Waals surface area contributed by atoms with Gasteiger partial charge in [0, 0.05) is 19.6 Å². The summed E-state index contributed by atoms with van der Waals surface area (Å²) in [4.78, 5) is 13.9. The van der Waals surface area contributed by atoms with E-state index in [4.69, 9.17) is 5.73 Å². The number of hydrogen-bond donors (Lipinski definition) is 2. The Bertz CT molecular complexity index is 213. The van der Waals surface area contributed by atoms with Crippen molar-refractivity contribution in [2.24, 2.45) is 11.7 Å². The number of nitrogens with zero attached hydrogens (tertiary/aromatic N) is 1. The van der Waals surface area contributed by atoms with Crippen molar-refractivity contribution >= 4 is 5.91 Å². The lowest BCUT2D eigenvalue weighted by Crippen LogP contribution is -2.58. The number of carbonyl (C=O) groups excluding carboxylic acids is 1. The summed E-state index contributed by atoms with van der Waals surface area (Å²) in [6, 6.07) is 0.125. The Morgan fingerprint density at radius 3 is 2.93 bits per heavy atom. The highest BCUT2D eigenvalue weighted by molar-refractivity contribution is 5.82. The Labute approximate surface area is 84.8 Å². The number of carbonyl (C=O) groups is 1. The number of likely N-dealkylation sites (tertiary alicyclic amines) is 1. The molecule has 1 unspecified atom stereocenters. The van der Waals surface area contributed by atoms with Gasteiger partial charge in [0.1, 0.15) is 0 Å². The molecule has 0 aromatic carbocycles. The number of hydrogen-bond acceptors (Lipinski definition) is 3. The van der Waals surface area contributed by atoms with Gasteiger partial charge in [-0.1, -0.05) is 0 Å². The summed E-state index contributed by atoms with van der Waals surface area (Å²) in [7, 11) is 0. The summed E-state index contributed by atoms with van der Waals surface area (Å²) in [5.41, 5.74) is 5.56. The molecule has 1 amide bonds. The Hall–Kier alpha value is -0.610. The smallest absolute Gasteiger partial charge is 0.237 e. The van der Waals surface area contributed by atoms with E-state index in [0.29, 0.717) is 5.92 Å². The van der Waals surface area contributed by atoms with Crippen LogP contribution in [0.3, 0.4) is 0 Å². The zero-order valence-corrected chi connectivity index (χ0v) is 8.54. The molecule has 1 atom stereocenters. The molecule has 2 fully saturated rings. The van der Waals surface area contributed by atoms with Crippen molar-refractivity contribution in [3.8, 4) is 0 Å². The molecule has 0 saturated carbocycles. The fourth-order valence-corrected chi connectivity index (χ4v) is 2.28. The molecule has 0 radical (unpaired) electrons. The van der Waals surface area contributed by atoms with Crippen LogP contribution >= 0.6 is 0 Å². The second kappa shape index (κ2) is 4.28. The van der Waals surface area contributed by atoms with Crippen molar-refractivity contribution in [1.82, 2.24) is 10.2 Å². The lowest BCUT2D eigenvalue weighted by atomic mass is 9.96. The molecule has 14 heavy (non-hydrogen) atoms. The first kappa shape index (κ1) is 9.93. The van der Waals surface area contributed by atoms with Gasteiger partial charge in [-0.05, 0) is 31.7 Å². The van der Waals surface area contributed by atoms with Crippen molar-refractivity contribution in [3.05, 3.63) is 0 Å². The molecule has 2 aliphatic rings. The normalized spacial score (nSPS) is 30.6. The molecular formula is C10H19N3O. The monoisotopic (exact) mass is 197 g/mol. The van der Waals surface area contributed by atoms with Gasteiger partial charge in [-0.3, -0.25) is 9.69 Å². The maximum Gasteiger partial charge on any atom is 0.237 e. The van der Waals surface area contributed by atoms with Crippen LogP contribution in [0.4, 0.5) is 0 Å². The molecule has 0 spiro atoms. The molecule has 3 N–H and O–H groups in total. The molecular weight excluding hydrogens is 178 g/mol. The van der Waals surface area contributed by atoms with Crippen LogP contribution in [0.15, 0.2) is 0 Å². The lowest BCUT2D eigenvalue weighted by molar-refractivity contribution is -0.128.